The molecule has 0 saturated heterocycles. The fraction of sp³-hybridized carbons (Fsp3) is 0.267. The Bertz CT molecular complexity index is 859. The van der Waals surface area contributed by atoms with Gasteiger partial charge in [0.05, 0.1) is 16.2 Å². The van der Waals surface area contributed by atoms with Crippen molar-refractivity contribution in [3.8, 4) is 0 Å². The number of aryl methyl sites for hydroxylation is 1. The lowest BCUT2D eigenvalue weighted by Gasteiger charge is -2.08. The van der Waals surface area contributed by atoms with Gasteiger partial charge in [0, 0.05) is 17.8 Å². The molecule has 1 saturated carbocycles. The van der Waals surface area contributed by atoms with Gasteiger partial charge in [-0.05, 0) is 44.0 Å². The molecule has 1 aromatic carbocycles. The quantitative estimate of drug-likeness (QED) is 0.881. The predicted octanol–water partition coefficient (Wildman–Crippen LogP) is 1.56. The minimum atomic E-state index is -3.75. The molecule has 0 unspecified atom stereocenters. The van der Waals surface area contributed by atoms with Gasteiger partial charge in [0.1, 0.15) is 5.82 Å². The Morgan fingerprint density at radius 1 is 1.26 bits per heavy atom. The van der Waals surface area contributed by atoms with E-state index in [2.05, 4.69) is 15.3 Å². The Labute approximate surface area is 134 Å². The standard InChI is InChI=1S/C15H16N4O3S/c1-9-13(8-17-14(18-9)10-2-3-10)15(20)19-11-4-6-12(7-5-11)23(16,21)22/h4-8,10H,2-3H2,1H3,(H,19,20)(H2,16,21,22). The number of primary sulfonamides is 1. The number of nitrogens with zero attached hydrogens (tertiary/aromatic N) is 2. The first kappa shape index (κ1) is 15.6. The van der Waals surface area contributed by atoms with Crippen LogP contribution in [-0.2, 0) is 10.0 Å². The second-order valence-corrected chi connectivity index (χ2v) is 7.09. The van der Waals surface area contributed by atoms with E-state index in [1.807, 2.05) is 0 Å². The van der Waals surface area contributed by atoms with Gasteiger partial charge in [0.25, 0.3) is 5.91 Å². The van der Waals surface area contributed by atoms with Crippen LogP contribution in [0.2, 0.25) is 0 Å². The van der Waals surface area contributed by atoms with Crippen LogP contribution in [0.3, 0.4) is 0 Å². The molecule has 1 aromatic heterocycles. The van der Waals surface area contributed by atoms with Gasteiger partial charge in [-0.15, -0.1) is 0 Å². The number of anilines is 1. The Kier molecular flexibility index (Phi) is 3.87. The summed E-state index contributed by atoms with van der Waals surface area (Å²) in [6.45, 7) is 1.77. The SMILES string of the molecule is Cc1nc(C2CC2)ncc1C(=O)Nc1ccc(S(N)(=O)=O)cc1. The Morgan fingerprint density at radius 2 is 1.91 bits per heavy atom. The first-order valence-electron chi connectivity index (χ1n) is 7.12. The second-order valence-electron chi connectivity index (χ2n) is 5.53. The summed E-state index contributed by atoms with van der Waals surface area (Å²) < 4.78 is 22.4. The van der Waals surface area contributed by atoms with E-state index in [9.17, 15) is 13.2 Å². The molecule has 120 valence electrons. The number of amides is 1. The zero-order valence-electron chi connectivity index (χ0n) is 12.5. The number of benzene rings is 1. The highest BCUT2D eigenvalue weighted by molar-refractivity contribution is 7.89. The van der Waals surface area contributed by atoms with Crippen molar-refractivity contribution in [3.63, 3.8) is 0 Å². The number of rotatable bonds is 4. The van der Waals surface area contributed by atoms with Gasteiger partial charge in [0.2, 0.25) is 10.0 Å². The number of nitrogens with two attached hydrogens (primary N) is 1. The molecule has 7 nitrogen and oxygen atoms in total. The molecule has 1 aliphatic rings. The minimum Gasteiger partial charge on any atom is -0.322 e. The van der Waals surface area contributed by atoms with Crippen LogP contribution in [0.1, 0.15) is 40.6 Å². The van der Waals surface area contributed by atoms with Gasteiger partial charge in [-0.2, -0.15) is 0 Å². The zero-order valence-corrected chi connectivity index (χ0v) is 13.3. The highest BCUT2D eigenvalue weighted by Gasteiger charge is 2.27. The summed E-state index contributed by atoms with van der Waals surface area (Å²) in [6, 6.07) is 5.63. The summed E-state index contributed by atoms with van der Waals surface area (Å²) in [4.78, 5) is 20.9. The second kappa shape index (κ2) is 5.71. The van der Waals surface area contributed by atoms with Crippen LogP contribution in [-0.4, -0.2) is 24.3 Å². The molecule has 1 amide bonds. The average Bonchev–Trinajstić information content (AvgIpc) is 3.31. The van der Waals surface area contributed by atoms with Gasteiger partial charge in [-0.25, -0.2) is 23.5 Å². The van der Waals surface area contributed by atoms with Crippen LogP contribution in [0.5, 0.6) is 0 Å². The van der Waals surface area contributed by atoms with Gasteiger partial charge < -0.3 is 5.32 Å². The average molecular weight is 332 g/mol. The summed E-state index contributed by atoms with van der Waals surface area (Å²) >= 11 is 0. The number of hydrogen-bond donors (Lipinski definition) is 2. The number of carbonyl (C=O) groups excluding carboxylic acids is 1. The molecule has 2 aromatic rings. The highest BCUT2D eigenvalue weighted by Crippen LogP contribution is 2.37. The predicted molar refractivity (Wildman–Crippen MR) is 84.5 cm³/mol. The molecule has 0 aliphatic heterocycles. The highest BCUT2D eigenvalue weighted by atomic mass is 32.2. The van der Waals surface area contributed by atoms with Gasteiger partial charge in [-0.3, -0.25) is 4.79 Å². The summed E-state index contributed by atoms with van der Waals surface area (Å²) in [6.07, 6.45) is 3.73. The molecule has 1 heterocycles. The maximum Gasteiger partial charge on any atom is 0.259 e. The lowest BCUT2D eigenvalue weighted by molar-refractivity contribution is 0.102. The van der Waals surface area contributed by atoms with Crippen molar-refractivity contribution in [2.24, 2.45) is 5.14 Å². The molecule has 3 rings (SSSR count). The van der Waals surface area contributed by atoms with Crippen molar-refractivity contribution in [2.45, 2.75) is 30.6 Å². The van der Waals surface area contributed by atoms with Crippen LogP contribution in [0.15, 0.2) is 35.4 Å². The van der Waals surface area contributed by atoms with Gasteiger partial charge >= 0.3 is 0 Å². The molecule has 1 fully saturated rings. The van der Waals surface area contributed by atoms with Crippen molar-refractivity contribution >= 4 is 21.6 Å². The number of sulfonamides is 1. The van der Waals surface area contributed by atoms with E-state index in [1.54, 1.807) is 6.92 Å². The van der Waals surface area contributed by atoms with E-state index in [0.717, 1.165) is 18.7 Å². The molecule has 0 atom stereocenters. The fourth-order valence-corrected chi connectivity index (χ4v) is 2.69. The summed E-state index contributed by atoms with van der Waals surface area (Å²) in [5, 5.41) is 7.72. The molecular formula is C15H16N4O3S. The Morgan fingerprint density at radius 3 is 2.43 bits per heavy atom. The van der Waals surface area contributed by atoms with Gasteiger partial charge in [-0.1, -0.05) is 0 Å². The van der Waals surface area contributed by atoms with Gasteiger partial charge in [0.15, 0.2) is 0 Å². The first-order valence-corrected chi connectivity index (χ1v) is 8.67. The van der Waals surface area contributed by atoms with E-state index in [4.69, 9.17) is 5.14 Å². The largest absolute Gasteiger partial charge is 0.322 e. The molecule has 1 aliphatic carbocycles. The third-order valence-corrected chi connectivity index (χ3v) is 4.56. The van der Waals surface area contributed by atoms with E-state index >= 15 is 0 Å². The number of hydrogen-bond acceptors (Lipinski definition) is 5. The molecule has 3 N–H and O–H groups in total. The third-order valence-electron chi connectivity index (χ3n) is 3.63. The van der Waals surface area contributed by atoms with Crippen LogP contribution in [0.25, 0.3) is 0 Å². The van der Waals surface area contributed by atoms with E-state index in [1.165, 1.54) is 30.5 Å². The normalized spacial score (nSPS) is 14.5. The maximum atomic E-state index is 12.3. The summed E-state index contributed by atoms with van der Waals surface area (Å²) in [5.74, 6) is 0.876. The monoisotopic (exact) mass is 332 g/mol. The van der Waals surface area contributed by atoms with Crippen LogP contribution in [0.4, 0.5) is 5.69 Å². The molecule has 8 heteroatoms. The number of nitrogens with one attached hydrogen (secondary N) is 1. The van der Waals surface area contributed by atoms with Crippen LogP contribution >= 0.6 is 0 Å². The zero-order chi connectivity index (χ0) is 16.6. The lowest BCUT2D eigenvalue weighted by Crippen LogP contribution is -2.16. The van der Waals surface area contributed by atoms with E-state index in [0.29, 0.717) is 22.9 Å². The maximum absolute atomic E-state index is 12.3. The topological polar surface area (TPSA) is 115 Å². The van der Waals surface area contributed by atoms with Crippen LogP contribution in [0, 0.1) is 6.92 Å². The Balaban J connectivity index is 1.76. The van der Waals surface area contributed by atoms with Crippen molar-refractivity contribution in [1.29, 1.82) is 0 Å². The molecular weight excluding hydrogens is 316 g/mol. The Hall–Kier alpha value is -2.32. The smallest absolute Gasteiger partial charge is 0.259 e. The molecule has 0 bridgehead atoms. The molecule has 0 radical (unpaired) electrons. The van der Waals surface area contributed by atoms with Crippen molar-refractivity contribution < 1.29 is 13.2 Å². The minimum absolute atomic E-state index is 0.0104. The number of carbonyl (C=O) groups is 1. The van der Waals surface area contributed by atoms with E-state index < -0.39 is 10.0 Å². The summed E-state index contributed by atoms with van der Waals surface area (Å²) in [5.41, 5.74) is 1.48. The third kappa shape index (κ3) is 3.54. The van der Waals surface area contributed by atoms with Crippen LogP contribution < -0.4 is 10.5 Å². The molecule has 0 spiro atoms. The van der Waals surface area contributed by atoms with E-state index in [-0.39, 0.29) is 10.8 Å². The summed E-state index contributed by atoms with van der Waals surface area (Å²) in [7, 11) is -3.75. The fourth-order valence-electron chi connectivity index (χ4n) is 2.17. The van der Waals surface area contributed by atoms with Crippen molar-refractivity contribution in [2.75, 3.05) is 5.32 Å². The first-order chi connectivity index (χ1) is 10.8. The van der Waals surface area contributed by atoms with Crippen molar-refractivity contribution in [3.05, 3.63) is 47.5 Å². The number of aromatic nitrogens is 2. The lowest BCUT2D eigenvalue weighted by atomic mass is 10.2. The molecule has 23 heavy (non-hydrogen) atoms. The van der Waals surface area contributed by atoms with Crippen molar-refractivity contribution in [1.82, 2.24) is 9.97 Å².